The number of carboxylic acids is 1. The molecule has 2 rings (SSSR count). The second kappa shape index (κ2) is 2.65. The van der Waals surface area contributed by atoms with E-state index in [-0.39, 0.29) is 10.6 Å². The first-order chi connectivity index (χ1) is 6.18. The van der Waals surface area contributed by atoms with Crippen molar-refractivity contribution < 1.29 is 15.0 Å². The van der Waals surface area contributed by atoms with E-state index in [0.717, 1.165) is 0 Å². The first-order valence-corrected chi connectivity index (χ1v) is 3.64. The van der Waals surface area contributed by atoms with E-state index in [4.69, 9.17) is 5.11 Å². The lowest BCUT2D eigenvalue weighted by Crippen LogP contribution is -2.99. The summed E-state index contributed by atoms with van der Waals surface area (Å²) in [4.78, 5) is 14.3. The van der Waals surface area contributed by atoms with E-state index < -0.39 is 5.97 Å². The van der Waals surface area contributed by atoms with Crippen LogP contribution in [0.4, 0.5) is 11.4 Å². The summed E-state index contributed by atoms with van der Waals surface area (Å²) in [5.41, 5.74) is 1.04. The number of quaternary nitrogens is 1. The molecule has 5 nitrogen and oxygen atoms in total. The minimum Gasteiger partial charge on any atom is -0.623 e. The monoisotopic (exact) mass is 178 g/mol. The summed E-state index contributed by atoms with van der Waals surface area (Å²) in [6.45, 7) is 0. The average Bonchev–Trinajstić information content (AvgIpc) is 2.47. The Bertz CT molecular complexity index is 400. The predicted molar refractivity (Wildman–Crippen MR) is 45.5 cm³/mol. The van der Waals surface area contributed by atoms with Gasteiger partial charge in [0.05, 0.1) is 5.56 Å². The van der Waals surface area contributed by atoms with E-state index in [9.17, 15) is 10.0 Å². The number of aliphatic imine (C=N–C) groups is 1. The lowest BCUT2D eigenvalue weighted by atomic mass is 10.2. The third-order valence-electron chi connectivity index (χ3n) is 1.83. The Hall–Kier alpha value is -1.72. The topological polar surface area (TPSA) is 77.2 Å². The molecule has 1 aromatic rings. The normalized spacial score (nSPS) is 18.7. The van der Waals surface area contributed by atoms with Crippen LogP contribution in [0.15, 0.2) is 23.2 Å². The molecule has 0 amide bonds. The second-order valence-corrected chi connectivity index (χ2v) is 2.66. The minimum atomic E-state index is -1.02. The fourth-order valence-corrected chi connectivity index (χ4v) is 1.18. The number of rotatable bonds is 1. The van der Waals surface area contributed by atoms with Gasteiger partial charge in [0.2, 0.25) is 0 Å². The molecule has 0 bridgehead atoms. The maximum absolute atomic E-state index is 11.0. The van der Waals surface area contributed by atoms with Crippen molar-refractivity contribution in [3.63, 3.8) is 0 Å². The van der Waals surface area contributed by atoms with Gasteiger partial charge in [-0.15, -0.1) is 0 Å². The molecular weight excluding hydrogens is 172 g/mol. The van der Waals surface area contributed by atoms with Crippen LogP contribution in [0.25, 0.3) is 0 Å². The molecule has 1 aliphatic rings. The quantitative estimate of drug-likeness (QED) is 0.597. The number of aromatic carboxylic acids is 1. The van der Waals surface area contributed by atoms with Crippen LogP contribution in [0.3, 0.4) is 0 Å². The molecular formula is C8H6N2O3. The molecule has 0 aromatic heterocycles. The van der Waals surface area contributed by atoms with Crippen LogP contribution in [-0.4, -0.2) is 17.4 Å². The fourth-order valence-electron chi connectivity index (χ4n) is 1.18. The Kier molecular flexibility index (Phi) is 1.61. The van der Waals surface area contributed by atoms with Crippen LogP contribution in [0, 0.1) is 5.21 Å². The van der Waals surface area contributed by atoms with Gasteiger partial charge >= 0.3 is 5.97 Å². The van der Waals surface area contributed by atoms with E-state index in [1.54, 1.807) is 0 Å². The number of nitrogens with zero attached hydrogens (tertiary/aromatic N) is 1. The van der Waals surface area contributed by atoms with Crippen LogP contribution in [-0.2, 0) is 0 Å². The van der Waals surface area contributed by atoms with Crippen molar-refractivity contribution in [3.8, 4) is 0 Å². The summed E-state index contributed by atoms with van der Waals surface area (Å²) < 4.78 is 0. The summed E-state index contributed by atoms with van der Waals surface area (Å²) in [5, 5.41) is 19.5. The van der Waals surface area contributed by atoms with Crippen molar-refractivity contribution in [2.24, 2.45) is 4.99 Å². The number of carbonyl (C=O) groups is 1. The van der Waals surface area contributed by atoms with Gasteiger partial charge in [-0.05, 0) is 12.1 Å². The van der Waals surface area contributed by atoms with E-state index in [1.165, 1.54) is 24.5 Å². The largest absolute Gasteiger partial charge is 0.623 e. The molecule has 1 heterocycles. The highest BCUT2D eigenvalue weighted by Crippen LogP contribution is 2.24. The summed E-state index contributed by atoms with van der Waals surface area (Å²) in [6, 6.07) is 4.26. The maximum atomic E-state index is 11.0. The van der Waals surface area contributed by atoms with Gasteiger partial charge in [-0.1, -0.05) is 0 Å². The second-order valence-electron chi connectivity index (χ2n) is 2.66. The number of hydrogen-bond donors (Lipinski definition) is 2. The van der Waals surface area contributed by atoms with Gasteiger partial charge in [0, 0.05) is 6.07 Å². The SMILES string of the molecule is O=C(O)c1ccc2c(c1)N=C[NH+]2[O-]. The number of hydroxylamine groups is 1. The Morgan fingerprint density at radius 2 is 2.31 bits per heavy atom. The van der Waals surface area contributed by atoms with Crippen molar-refractivity contribution in [3.05, 3.63) is 29.0 Å². The van der Waals surface area contributed by atoms with Crippen molar-refractivity contribution in [2.75, 3.05) is 0 Å². The van der Waals surface area contributed by atoms with Crippen LogP contribution in [0.2, 0.25) is 0 Å². The van der Waals surface area contributed by atoms with Gasteiger partial charge in [-0.3, -0.25) is 5.06 Å². The zero-order valence-corrected chi connectivity index (χ0v) is 6.52. The lowest BCUT2D eigenvalue weighted by molar-refractivity contribution is -0.655. The molecule has 1 atom stereocenters. The van der Waals surface area contributed by atoms with Gasteiger partial charge in [-0.2, -0.15) is 4.99 Å². The molecule has 2 N–H and O–H groups in total. The van der Waals surface area contributed by atoms with Crippen LogP contribution >= 0.6 is 0 Å². The minimum absolute atomic E-state index is 0.144. The number of benzene rings is 1. The average molecular weight is 178 g/mol. The molecule has 13 heavy (non-hydrogen) atoms. The van der Waals surface area contributed by atoms with E-state index >= 15 is 0 Å². The standard InChI is InChI=1S/C8H6N2O3/c11-8(12)5-1-2-7-6(3-5)9-4-10(7)13/h1-4,10H,(H,11,12). The first-order valence-electron chi connectivity index (χ1n) is 3.64. The number of carboxylic acid groups (broad SMARTS) is 1. The highest BCUT2D eigenvalue weighted by molar-refractivity contribution is 5.90. The fraction of sp³-hybridized carbons (Fsp3) is 0. The van der Waals surface area contributed by atoms with Crippen LogP contribution in [0.1, 0.15) is 10.4 Å². The molecule has 1 aliphatic heterocycles. The van der Waals surface area contributed by atoms with Gasteiger partial charge in [0.1, 0.15) is 5.69 Å². The molecule has 5 heteroatoms. The van der Waals surface area contributed by atoms with Crippen LogP contribution in [0.5, 0.6) is 0 Å². The van der Waals surface area contributed by atoms with E-state index in [2.05, 4.69) is 4.99 Å². The van der Waals surface area contributed by atoms with E-state index in [0.29, 0.717) is 11.4 Å². The number of nitrogens with one attached hydrogen (secondary N) is 1. The van der Waals surface area contributed by atoms with Crippen molar-refractivity contribution >= 4 is 23.7 Å². The zero-order chi connectivity index (χ0) is 9.42. The molecule has 0 aliphatic carbocycles. The van der Waals surface area contributed by atoms with Crippen molar-refractivity contribution in [1.82, 2.24) is 0 Å². The predicted octanol–water partition coefficient (Wildman–Crippen LogP) is 0.0724. The summed E-state index contributed by atoms with van der Waals surface area (Å²) in [6.07, 6.45) is 1.19. The molecule has 1 aromatic carbocycles. The molecule has 66 valence electrons. The van der Waals surface area contributed by atoms with E-state index in [1.807, 2.05) is 0 Å². The number of hydrogen-bond acceptors (Lipinski definition) is 3. The Balaban J connectivity index is 2.50. The van der Waals surface area contributed by atoms with Gasteiger partial charge in [0.25, 0.3) is 0 Å². The third-order valence-corrected chi connectivity index (χ3v) is 1.83. The zero-order valence-electron chi connectivity index (χ0n) is 6.52. The maximum Gasteiger partial charge on any atom is 0.335 e. The Labute approximate surface area is 73.5 Å². The number of fused-ring (bicyclic) bond motifs is 1. The third kappa shape index (κ3) is 1.20. The van der Waals surface area contributed by atoms with Gasteiger partial charge in [0.15, 0.2) is 12.0 Å². The highest BCUT2D eigenvalue weighted by atomic mass is 16.5. The Morgan fingerprint density at radius 1 is 1.54 bits per heavy atom. The smallest absolute Gasteiger partial charge is 0.335 e. The Morgan fingerprint density at radius 3 is 3.00 bits per heavy atom. The first kappa shape index (κ1) is 7.90. The molecule has 0 radical (unpaired) electrons. The molecule has 1 unspecified atom stereocenters. The van der Waals surface area contributed by atoms with Gasteiger partial charge in [-0.25, -0.2) is 4.79 Å². The van der Waals surface area contributed by atoms with Crippen LogP contribution < -0.4 is 5.06 Å². The van der Waals surface area contributed by atoms with Crippen molar-refractivity contribution in [1.29, 1.82) is 0 Å². The highest BCUT2D eigenvalue weighted by Gasteiger charge is 2.16. The summed E-state index contributed by atoms with van der Waals surface area (Å²) in [7, 11) is 0. The summed E-state index contributed by atoms with van der Waals surface area (Å²) in [5.74, 6) is -1.02. The summed E-state index contributed by atoms with van der Waals surface area (Å²) >= 11 is 0. The molecule has 0 spiro atoms. The van der Waals surface area contributed by atoms with Crippen molar-refractivity contribution in [2.45, 2.75) is 0 Å². The molecule has 0 fully saturated rings. The molecule has 0 saturated carbocycles. The molecule has 0 saturated heterocycles. The lowest BCUT2D eigenvalue weighted by Gasteiger charge is -2.10. The van der Waals surface area contributed by atoms with Gasteiger partial charge < -0.3 is 10.3 Å².